The standard InChI is InChI=1S/C14H19NO4/c16-9-11-4-3-7-15(8-11)14(18)10-19-13-6-2-1-5-12(13)17/h1-2,5-6,11,16-17H,3-4,7-10H2. The Hall–Kier alpha value is -1.75. The molecule has 19 heavy (non-hydrogen) atoms. The predicted molar refractivity (Wildman–Crippen MR) is 70.0 cm³/mol. The number of aromatic hydroxyl groups is 1. The summed E-state index contributed by atoms with van der Waals surface area (Å²) in [6.07, 6.45) is 1.87. The molecule has 2 rings (SSSR count). The first-order chi connectivity index (χ1) is 9.20. The van der Waals surface area contributed by atoms with Gasteiger partial charge in [-0.15, -0.1) is 0 Å². The second kappa shape index (κ2) is 6.43. The van der Waals surface area contributed by atoms with Crippen LogP contribution < -0.4 is 4.74 Å². The normalized spacial score (nSPS) is 19.2. The summed E-state index contributed by atoms with van der Waals surface area (Å²) in [7, 11) is 0. The van der Waals surface area contributed by atoms with Gasteiger partial charge in [-0.2, -0.15) is 0 Å². The van der Waals surface area contributed by atoms with Gasteiger partial charge in [0.05, 0.1) is 0 Å². The lowest BCUT2D eigenvalue weighted by Gasteiger charge is -2.31. The number of aliphatic hydroxyl groups is 1. The van der Waals surface area contributed by atoms with Crippen LogP contribution in [-0.2, 0) is 4.79 Å². The molecule has 0 saturated carbocycles. The number of hydrogen-bond acceptors (Lipinski definition) is 4. The quantitative estimate of drug-likeness (QED) is 0.852. The third-order valence-electron chi connectivity index (χ3n) is 3.35. The average molecular weight is 265 g/mol. The van der Waals surface area contributed by atoms with E-state index in [0.717, 1.165) is 12.8 Å². The number of nitrogens with zero attached hydrogens (tertiary/aromatic N) is 1. The molecule has 1 fully saturated rings. The van der Waals surface area contributed by atoms with Gasteiger partial charge >= 0.3 is 0 Å². The highest BCUT2D eigenvalue weighted by atomic mass is 16.5. The van der Waals surface area contributed by atoms with E-state index in [1.54, 1.807) is 23.1 Å². The fraction of sp³-hybridized carbons (Fsp3) is 0.500. The van der Waals surface area contributed by atoms with E-state index in [1.165, 1.54) is 6.07 Å². The van der Waals surface area contributed by atoms with Crippen LogP contribution in [-0.4, -0.2) is 47.3 Å². The number of aliphatic hydroxyl groups excluding tert-OH is 1. The Labute approximate surface area is 112 Å². The number of ether oxygens (including phenoxy) is 1. The van der Waals surface area contributed by atoms with Crippen molar-refractivity contribution in [1.82, 2.24) is 4.90 Å². The van der Waals surface area contributed by atoms with Crippen LogP contribution in [0.2, 0.25) is 0 Å². The molecule has 1 aromatic carbocycles. The minimum Gasteiger partial charge on any atom is -0.504 e. The molecule has 1 amide bonds. The van der Waals surface area contributed by atoms with Crippen molar-refractivity contribution in [2.24, 2.45) is 5.92 Å². The number of carbonyl (C=O) groups excluding carboxylic acids is 1. The molecule has 2 N–H and O–H groups in total. The van der Waals surface area contributed by atoms with E-state index >= 15 is 0 Å². The molecule has 0 aromatic heterocycles. The summed E-state index contributed by atoms with van der Waals surface area (Å²) in [5, 5.41) is 18.7. The molecule has 1 aliphatic rings. The van der Waals surface area contributed by atoms with Crippen molar-refractivity contribution in [3.05, 3.63) is 24.3 Å². The zero-order chi connectivity index (χ0) is 13.7. The molecular weight excluding hydrogens is 246 g/mol. The summed E-state index contributed by atoms with van der Waals surface area (Å²) in [5.74, 6) is 0.401. The van der Waals surface area contributed by atoms with Gasteiger partial charge in [-0.3, -0.25) is 4.79 Å². The molecule has 1 unspecified atom stereocenters. The van der Waals surface area contributed by atoms with Gasteiger partial charge in [0.2, 0.25) is 0 Å². The number of phenols is 1. The molecule has 1 atom stereocenters. The maximum absolute atomic E-state index is 12.0. The lowest BCUT2D eigenvalue weighted by molar-refractivity contribution is -0.135. The van der Waals surface area contributed by atoms with E-state index in [0.29, 0.717) is 18.8 Å². The summed E-state index contributed by atoms with van der Waals surface area (Å²) >= 11 is 0. The third-order valence-corrected chi connectivity index (χ3v) is 3.35. The van der Waals surface area contributed by atoms with Gasteiger partial charge in [0, 0.05) is 19.7 Å². The van der Waals surface area contributed by atoms with Gasteiger partial charge in [-0.25, -0.2) is 0 Å². The van der Waals surface area contributed by atoms with Crippen molar-refractivity contribution in [2.45, 2.75) is 12.8 Å². The van der Waals surface area contributed by atoms with Crippen molar-refractivity contribution < 1.29 is 19.7 Å². The molecular formula is C14H19NO4. The Morgan fingerprint density at radius 3 is 2.95 bits per heavy atom. The molecule has 0 spiro atoms. The molecule has 1 saturated heterocycles. The molecule has 0 radical (unpaired) electrons. The lowest BCUT2D eigenvalue weighted by Crippen LogP contribution is -2.43. The Morgan fingerprint density at radius 2 is 2.21 bits per heavy atom. The first kappa shape index (κ1) is 13.7. The van der Waals surface area contributed by atoms with Crippen LogP contribution in [0.25, 0.3) is 0 Å². The van der Waals surface area contributed by atoms with Gasteiger partial charge in [0.15, 0.2) is 18.1 Å². The van der Waals surface area contributed by atoms with Crippen LogP contribution >= 0.6 is 0 Å². The highest BCUT2D eigenvalue weighted by Gasteiger charge is 2.23. The number of para-hydroxylation sites is 2. The molecule has 104 valence electrons. The van der Waals surface area contributed by atoms with Gasteiger partial charge < -0.3 is 19.8 Å². The maximum Gasteiger partial charge on any atom is 0.260 e. The molecule has 5 nitrogen and oxygen atoms in total. The molecule has 1 heterocycles. The van der Waals surface area contributed by atoms with E-state index in [9.17, 15) is 9.90 Å². The first-order valence-electron chi connectivity index (χ1n) is 6.50. The van der Waals surface area contributed by atoms with Crippen LogP contribution in [0.5, 0.6) is 11.5 Å². The Morgan fingerprint density at radius 1 is 1.42 bits per heavy atom. The van der Waals surface area contributed by atoms with Crippen molar-refractivity contribution in [3.63, 3.8) is 0 Å². The summed E-state index contributed by atoms with van der Waals surface area (Å²) in [4.78, 5) is 13.7. The zero-order valence-corrected chi connectivity index (χ0v) is 10.8. The smallest absolute Gasteiger partial charge is 0.260 e. The average Bonchev–Trinajstić information content (AvgIpc) is 2.46. The predicted octanol–water partition coefficient (Wildman–Crippen LogP) is 1.00. The highest BCUT2D eigenvalue weighted by molar-refractivity contribution is 5.78. The topological polar surface area (TPSA) is 70.0 Å². The number of piperidine rings is 1. The van der Waals surface area contributed by atoms with E-state index in [4.69, 9.17) is 9.84 Å². The van der Waals surface area contributed by atoms with Crippen LogP contribution in [0, 0.1) is 5.92 Å². The minimum atomic E-state index is -0.110. The second-order valence-corrected chi connectivity index (χ2v) is 4.79. The van der Waals surface area contributed by atoms with Gasteiger partial charge in [-0.05, 0) is 30.9 Å². The van der Waals surface area contributed by atoms with Crippen molar-refractivity contribution >= 4 is 5.91 Å². The van der Waals surface area contributed by atoms with Crippen molar-refractivity contribution in [3.8, 4) is 11.5 Å². The van der Waals surface area contributed by atoms with Gasteiger partial charge in [-0.1, -0.05) is 12.1 Å². The Kier molecular flexibility index (Phi) is 4.63. The first-order valence-corrected chi connectivity index (χ1v) is 6.50. The van der Waals surface area contributed by atoms with Crippen molar-refractivity contribution in [1.29, 1.82) is 0 Å². The minimum absolute atomic E-state index is 0.0298. The lowest BCUT2D eigenvalue weighted by atomic mass is 9.99. The van der Waals surface area contributed by atoms with Crippen molar-refractivity contribution in [2.75, 3.05) is 26.3 Å². The summed E-state index contributed by atoms with van der Waals surface area (Å²) in [6, 6.07) is 6.57. The van der Waals surface area contributed by atoms with E-state index in [2.05, 4.69) is 0 Å². The monoisotopic (exact) mass is 265 g/mol. The molecule has 0 aliphatic carbocycles. The second-order valence-electron chi connectivity index (χ2n) is 4.79. The maximum atomic E-state index is 12.0. The van der Waals surface area contributed by atoms with Crippen LogP contribution in [0.15, 0.2) is 24.3 Å². The number of benzene rings is 1. The van der Waals surface area contributed by atoms with Gasteiger partial charge in [0.1, 0.15) is 0 Å². The van der Waals surface area contributed by atoms with Crippen LogP contribution in [0.3, 0.4) is 0 Å². The van der Waals surface area contributed by atoms with Crippen LogP contribution in [0.4, 0.5) is 0 Å². The summed E-state index contributed by atoms with van der Waals surface area (Å²) < 4.78 is 5.32. The number of carbonyl (C=O) groups is 1. The third kappa shape index (κ3) is 3.61. The largest absolute Gasteiger partial charge is 0.504 e. The fourth-order valence-electron chi connectivity index (χ4n) is 2.25. The Balaban J connectivity index is 1.86. The highest BCUT2D eigenvalue weighted by Crippen LogP contribution is 2.24. The molecule has 1 aromatic rings. The van der Waals surface area contributed by atoms with E-state index in [1.807, 2.05) is 0 Å². The number of phenolic OH excluding ortho intramolecular Hbond substituents is 1. The molecule has 0 bridgehead atoms. The summed E-state index contributed by atoms with van der Waals surface area (Å²) in [6.45, 7) is 1.32. The summed E-state index contributed by atoms with van der Waals surface area (Å²) in [5.41, 5.74) is 0. The van der Waals surface area contributed by atoms with Crippen LogP contribution in [0.1, 0.15) is 12.8 Å². The van der Waals surface area contributed by atoms with Gasteiger partial charge in [0.25, 0.3) is 5.91 Å². The zero-order valence-electron chi connectivity index (χ0n) is 10.8. The van der Waals surface area contributed by atoms with E-state index < -0.39 is 0 Å². The molecule has 1 aliphatic heterocycles. The fourth-order valence-corrected chi connectivity index (χ4v) is 2.25. The number of hydrogen-bond donors (Lipinski definition) is 2. The number of likely N-dealkylation sites (tertiary alicyclic amines) is 1. The molecule has 5 heteroatoms. The SMILES string of the molecule is O=C(COc1ccccc1O)N1CCCC(CO)C1. The van der Waals surface area contributed by atoms with E-state index in [-0.39, 0.29) is 30.8 Å². The number of rotatable bonds is 4. The number of amides is 1. The Bertz CT molecular complexity index is 435.